The van der Waals surface area contributed by atoms with E-state index < -0.39 is 22.5 Å². The summed E-state index contributed by atoms with van der Waals surface area (Å²) in [5.74, 6) is -1.50. The van der Waals surface area contributed by atoms with Gasteiger partial charge in [0, 0.05) is 23.5 Å². The van der Waals surface area contributed by atoms with Gasteiger partial charge in [0.1, 0.15) is 0 Å². The number of hydrogen-bond acceptors (Lipinski definition) is 4. The Labute approximate surface area is 185 Å². The maximum absolute atomic E-state index is 13.9. The Morgan fingerprint density at radius 2 is 1.47 bits per heavy atom. The van der Waals surface area contributed by atoms with Crippen LogP contribution in [0.4, 0.5) is 11.4 Å². The number of quaternary nitrogens is 1. The Morgan fingerprint density at radius 3 is 2.00 bits per heavy atom. The molecule has 1 unspecified atom stereocenters. The topological polar surface area (TPSA) is 85.1 Å². The summed E-state index contributed by atoms with van der Waals surface area (Å²) in [6.45, 7) is 2.10. The molecule has 2 amide bonds. The lowest BCUT2D eigenvalue weighted by Crippen LogP contribution is -2.99. The lowest BCUT2D eigenvalue weighted by atomic mass is 9.46. The van der Waals surface area contributed by atoms with Crippen LogP contribution in [-0.2, 0) is 15.0 Å². The highest BCUT2D eigenvalue weighted by atomic mass is 16.8. The fourth-order valence-electron chi connectivity index (χ4n) is 6.54. The van der Waals surface area contributed by atoms with Crippen molar-refractivity contribution in [2.45, 2.75) is 24.7 Å². The van der Waals surface area contributed by atoms with E-state index >= 15 is 0 Å². The third-order valence-electron chi connectivity index (χ3n) is 7.72. The van der Waals surface area contributed by atoms with Gasteiger partial charge in [-0.1, -0.05) is 55.5 Å². The van der Waals surface area contributed by atoms with Crippen LogP contribution in [0.25, 0.3) is 0 Å². The number of nitrogens with one attached hydrogen (secondary N) is 1. The average molecular weight is 426 g/mol. The van der Waals surface area contributed by atoms with Gasteiger partial charge in [0.15, 0.2) is 5.69 Å². The zero-order chi connectivity index (χ0) is 22.2. The zero-order valence-corrected chi connectivity index (χ0v) is 17.5. The molecular formula is C26H22N2O4. The Kier molecular flexibility index (Phi) is 3.99. The molecule has 6 heteroatoms. The van der Waals surface area contributed by atoms with Crippen molar-refractivity contribution >= 4 is 23.2 Å². The van der Waals surface area contributed by atoms with Gasteiger partial charge in [-0.05, 0) is 40.8 Å². The van der Waals surface area contributed by atoms with E-state index in [2.05, 4.69) is 31.2 Å². The van der Waals surface area contributed by atoms with Crippen LogP contribution in [-0.4, -0.2) is 17.0 Å². The predicted octanol–water partition coefficient (Wildman–Crippen LogP) is 3.05. The molecule has 32 heavy (non-hydrogen) atoms. The Hall–Kier alpha value is -3.32. The molecule has 7 rings (SSSR count). The first-order chi connectivity index (χ1) is 15.5. The van der Waals surface area contributed by atoms with Crippen molar-refractivity contribution in [3.8, 4) is 0 Å². The number of carbonyl (C=O) groups is 2. The van der Waals surface area contributed by atoms with Crippen molar-refractivity contribution in [2.75, 3.05) is 4.90 Å². The first kappa shape index (κ1) is 19.4. The summed E-state index contributed by atoms with van der Waals surface area (Å²) in [6.07, 6.45) is 0.708. The molecular weight excluding hydrogens is 404 g/mol. The van der Waals surface area contributed by atoms with Crippen LogP contribution < -0.4 is 10.1 Å². The summed E-state index contributed by atoms with van der Waals surface area (Å²) in [7, 11) is 0. The minimum Gasteiger partial charge on any atom is -0.595 e. The smallest absolute Gasteiger partial charge is 0.238 e. The third kappa shape index (κ3) is 2.19. The number of imide groups is 1. The Morgan fingerprint density at radius 1 is 0.906 bits per heavy atom. The fraction of sp³-hybridized carbons (Fsp3) is 0.231. The van der Waals surface area contributed by atoms with Crippen molar-refractivity contribution in [2.24, 2.45) is 11.8 Å². The van der Waals surface area contributed by atoms with Gasteiger partial charge in [-0.2, -0.15) is 5.23 Å². The highest BCUT2D eigenvalue weighted by Crippen LogP contribution is 2.65. The van der Waals surface area contributed by atoms with E-state index in [1.807, 2.05) is 24.3 Å². The van der Waals surface area contributed by atoms with Crippen LogP contribution in [0.15, 0.2) is 72.8 Å². The number of amides is 2. The standard InChI is InChI=1S/C26H22N2O4/c1-2-26-19-9-5-3-7-17(19)21(18-8-4-6-10-20(18)26)22-23(26)25(30)27(24(22)29)15-11-13-16(14-12-15)28(31)32/h3-14,21-23,28,31H,2H2,1H3/t21?,22-,23-,26?/m0/s1. The minimum absolute atomic E-state index is 0.121. The van der Waals surface area contributed by atoms with Crippen LogP contribution >= 0.6 is 0 Å². The van der Waals surface area contributed by atoms with Gasteiger partial charge in [-0.25, -0.2) is 10.1 Å². The highest BCUT2D eigenvalue weighted by Gasteiger charge is 2.67. The number of carbonyl (C=O) groups excluding carboxylic acids is 2. The average Bonchev–Trinajstić information content (AvgIpc) is 3.10. The van der Waals surface area contributed by atoms with Gasteiger partial charge in [0.25, 0.3) is 0 Å². The van der Waals surface area contributed by atoms with Gasteiger partial charge < -0.3 is 5.21 Å². The SMILES string of the molecule is CCC12c3ccccc3C(c3ccccc31)[C@@H]1C(=O)N(c3ccc([NH+]([O-])O)cc3)C(=O)[C@H]12. The van der Waals surface area contributed by atoms with Gasteiger partial charge in [0.05, 0.1) is 17.5 Å². The largest absolute Gasteiger partial charge is 0.595 e. The third-order valence-corrected chi connectivity index (χ3v) is 7.72. The van der Waals surface area contributed by atoms with E-state index in [9.17, 15) is 20.0 Å². The number of nitrogens with zero attached hydrogens (tertiary/aromatic N) is 1. The van der Waals surface area contributed by atoms with Crippen molar-refractivity contribution in [1.29, 1.82) is 0 Å². The second-order valence-corrected chi connectivity index (χ2v) is 8.84. The van der Waals surface area contributed by atoms with Crippen molar-refractivity contribution in [3.05, 3.63) is 100 Å². The molecule has 6 nitrogen and oxygen atoms in total. The van der Waals surface area contributed by atoms with Crippen LogP contribution in [0.3, 0.4) is 0 Å². The predicted molar refractivity (Wildman–Crippen MR) is 117 cm³/mol. The molecule has 1 fully saturated rings. The summed E-state index contributed by atoms with van der Waals surface area (Å²) in [6, 6.07) is 22.4. The second kappa shape index (κ2) is 6.59. The number of anilines is 1. The molecule has 2 bridgehead atoms. The highest BCUT2D eigenvalue weighted by molar-refractivity contribution is 6.23. The van der Waals surface area contributed by atoms with E-state index in [-0.39, 0.29) is 23.4 Å². The number of benzene rings is 3. The molecule has 160 valence electrons. The maximum Gasteiger partial charge on any atom is 0.238 e. The van der Waals surface area contributed by atoms with Gasteiger partial charge in [0.2, 0.25) is 11.8 Å². The van der Waals surface area contributed by atoms with E-state index in [4.69, 9.17) is 0 Å². The van der Waals surface area contributed by atoms with Crippen LogP contribution in [0.1, 0.15) is 41.5 Å². The van der Waals surface area contributed by atoms with Gasteiger partial charge in [-0.3, -0.25) is 9.59 Å². The van der Waals surface area contributed by atoms with Crippen molar-refractivity contribution in [1.82, 2.24) is 0 Å². The zero-order valence-electron chi connectivity index (χ0n) is 17.5. The summed E-state index contributed by atoms with van der Waals surface area (Å²) in [5, 5.41) is 19.4. The molecule has 0 spiro atoms. The van der Waals surface area contributed by atoms with Crippen LogP contribution in [0.5, 0.6) is 0 Å². The number of rotatable bonds is 3. The molecule has 3 atom stereocenters. The molecule has 0 radical (unpaired) electrons. The monoisotopic (exact) mass is 426 g/mol. The molecule has 2 N–H and O–H groups in total. The van der Waals surface area contributed by atoms with Crippen LogP contribution in [0, 0.1) is 17.0 Å². The van der Waals surface area contributed by atoms with Crippen LogP contribution in [0.2, 0.25) is 0 Å². The van der Waals surface area contributed by atoms with Crippen molar-refractivity contribution in [3.63, 3.8) is 0 Å². The first-order valence-corrected chi connectivity index (χ1v) is 10.9. The fourth-order valence-corrected chi connectivity index (χ4v) is 6.54. The van der Waals surface area contributed by atoms with Gasteiger partial charge >= 0.3 is 0 Å². The second-order valence-electron chi connectivity index (χ2n) is 8.84. The molecule has 1 saturated heterocycles. The molecule has 3 aliphatic carbocycles. The molecule has 0 saturated carbocycles. The summed E-state index contributed by atoms with van der Waals surface area (Å²) in [5.41, 5.74) is 4.56. The normalized spacial score (nSPS) is 28.3. The quantitative estimate of drug-likeness (QED) is 0.498. The van der Waals surface area contributed by atoms with Crippen molar-refractivity contribution < 1.29 is 20.0 Å². The summed E-state index contributed by atoms with van der Waals surface area (Å²) >= 11 is 0. The molecule has 1 aliphatic heterocycles. The lowest BCUT2D eigenvalue weighted by molar-refractivity contribution is -0.991. The molecule has 3 aromatic rings. The first-order valence-electron chi connectivity index (χ1n) is 10.9. The Bertz CT molecular complexity index is 1220. The molecule has 4 aliphatic rings. The minimum atomic E-state index is -1.04. The summed E-state index contributed by atoms with van der Waals surface area (Å²) < 4.78 is 0. The maximum atomic E-state index is 13.9. The molecule has 1 heterocycles. The Balaban J connectivity index is 1.57. The van der Waals surface area contributed by atoms with E-state index in [0.29, 0.717) is 12.1 Å². The van der Waals surface area contributed by atoms with E-state index in [1.165, 1.54) is 17.0 Å². The van der Waals surface area contributed by atoms with E-state index in [0.717, 1.165) is 22.3 Å². The number of hydrogen-bond donors (Lipinski definition) is 2. The summed E-state index contributed by atoms with van der Waals surface area (Å²) in [4.78, 5) is 29.0. The lowest BCUT2D eigenvalue weighted by Gasteiger charge is -2.54. The molecule has 0 aromatic heterocycles. The molecule has 3 aromatic carbocycles. The van der Waals surface area contributed by atoms with Gasteiger partial charge in [-0.15, -0.1) is 0 Å². The van der Waals surface area contributed by atoms with E-state index in [1.54, 1.807) is 12.1 Å².